The van der Waals surface area contributed by atoms with Crippen LogP contribution in [0.15, 0.2) is 16.7 Å². The molecule has 1 aromatic carbocycles. The molecule has 0 aliphatic heterocycles. The first-order valence-electron chi connectivity index (χ1n) is 3.89. The highest BCUT2D eigenvalue weighted by Gasteiger charge is 2.17. The Balaban J connectivity index is 2.86. The number of aromatic nitrogens is 1. The smallest absolute Gasteiger partial charge is 0.338 e. The van der Waals surface area contributed by atoms with Crippen LogP contribution in [0, 0.1) is 12.7 Å². The molecule has 0 unspecified atom stereocenters. The van der Waals surface area contributed by atoms with Gasteiger partial charge >= 0.3 is 5.97 Å². The van der Waals surface area contributed by atoms with Crippen LogP contribution in [0.2, 0.25) is 0 Å². The molecule has 0 spiro atoms. The fourth-order valence-corrected chi connectivity index (χ4v) is 1.31. The van der Waals surface area contributed by atoms with Crippen molar-refractivity contribution in [2.24, 2.45) is 0 Å². The van der Waals surface area contributed by atoms with Gasteiger partial charge in [-0.2, -0.15) is 0 Å². The summed E-state index contributed by atoms with van der Waals surface area (Å²) in [5.74, 6) is -1.82. The Morgan fingerprint density at radius 2 is 2.29 bits per heavy atom. The second-order valence-electron chi connectivity index (χ2n) is 2.87. The van der Waals surface area contributed by atoms with E-state index in [4.69, 9.17) is 9.63 Å². The van der Waals surface area contributed by atoms with E-state index in [9.17, 15) is 9.18 Å². The van der Waals surface area contributed by atoms with Crippen molar-refractivity contribution in [2.45, 2.75) is 6.92 Å². The van der Waals surface area contributed by atoms with Crippen molar-refractivity contribution in [3.8, 4) is 0 Å². The minimum atomic E-state index is -1.30. The van der Waals surface area contributed by atoms with Gasteiger partial charge in [0.2, 0.25) is 0 Å². The van der Waals surface area contributed by atoms with Gasteiger partial charge in [-0.1, -0.05) is 5.16 Å². The normalized spacial score (nSPS) is 10.7. The Morgan fingerprint density at radius 1 is 1.57 bits per heavy atom. The zero-order chi connectivity index (χ0) is 10.3. The van der Waals surface area contributed by atoms with Gasteiger partial charge in [0, 0.05) is 0 Å². The van der Waals surface area contributed by atoms with Crippen molar-refractivity contribution in [3.63, 3.8) is 0 Å². The Bertz CT molecular complexity index is 518. The minimum Gasteiger partial charge on any atom is -0.478 e. The maximum atomic E-state index is 13.5. The van der Waals surface area contributed by atoms with E-state index in [0.717, 1.165) is 0 Å². The third-order valence-electron chi connectivity index (χ3n) is 1.98. The van der Waals surface area contributed by atoms with Crippen LogP contribution in [0.5, 0.6) is 0 Å². The lowest BCUT2D eigenvalue weighted by atomic mass is 10.1. The largest absolute Gasteiger partial charge is 0.478 e. The quantitative estimate of drug-likeness (QED) is 0.755. The number of carboxylic acid groups (broad SMARTS) is 1. The highest BCUT2D eigenvalue weighted by Crippen LogP contribution is 2.23. The van der Waals surface area contributed by atoms with Gasteiger partial charge in [0.15, 0.2) is 5.82 Å². The number of halogens is 1. The van der Waals surface area contributed by atoms with E-state index in [1.165, 1.54) is 19.1 Å². The van der Waals surface area contributed by atoms with Crippen LogP contribution in [0.1, 0.15) is 16.1 Å². The Morgan fingerprint density at radius 3 is 2.93 bits per heavy atom. The van der Waals surface area contributed by atoms with Crippen molar-refractivity contribution in [1.29, 1.82) is 0 Å². The van der Waals surface area contributed by atoms with Gasteiger partial charge < -0.3 is 9.63 Å². The van der Waals surface area contributed by atoms with E-state index < -0.39 is 11.8 Å². The van der Waals surface area contributed by atoms with Crippen LogP contribution >= 0.6 is 0 Å². The fourth-order valence-electron chi connectivity index (χ4n) is 1.31. The number of nitrogens with zero attached hydrogens (tertiary/aromatic N) is 1. The molecule has 0 saturated heterocycles. The minimum absolute atomic E-state index is 0.130. The first-order valence-corrected chi connectivity index (χ1v) is 3.89. The number of rotatable bonds is 1. The molecular weight excluding hydrogens is 189 g/mol. The molecule has 4 nitrogen and oxygen atoms in total. The number of carboxylic acids is 1. The van der Waals surface area contributed by atoms with Gasteiger partial charge in [0.05, 0.1) is 10.9 Å². The topological polar surface area (TPSA) is 63.3 Å². The average molecular weight is 195 g/mol. The Labute approximate surface area is 77.9 Å². The van der Waals surface area contributed by atoms with Gasteiger partial charge in [-0.25, -0.2) is 9.18 Å². The van der Waals surface area contributed by atoms with Gasteiger partial charge in [-0.05, 0) is 19.1 Å². The molecule has 0 bridgehead atoms. The molecule has 72 valence electrons. The summed E-state index contributed by atoms with van der Waals surface area (Å²) in [6.45, 7) is 1.53. The predicted molar refractivity (Wildman–Crippen MR) is 45.7 cm³/mol. The molecule has 2 aromatic rings. The summed E-state index contributed by atoms with van der Waals surface area (Å²) in [7, 11) is 0. The van der Waals surface area contributed by atoms with Crippen LogP contribution in [0.4, 0.5) is 4.39 Å². The summed E-state index contributed by atoms with van der Waals surface area (Å²) in [5, 5.41) is 12.4. The Kier molecular flexibility index (Phi) is 1.73. The van der Waals surface area contributed by atoms with Crippen LogP contribution in [-0.2, 0) is 0 Å². The molecule has 0 aliphatic carbocycles. The number of fused-ring (bicyclic) bond motifs is 1. The highest BCUT2D eigenvalue weighted by molar-refractivity contribution is 5.94. The summed E-state index contributed by atoms with van der Waals surface area (Å²) in [5.41, 5.74) is -0.0474. The number of aromatic carboxylic acids is 1. The third-order valence-corrected chi connectivity index (χ3v) is 1.98. The fraction of sp³-hybridized carbons (Fsp3) is 0.111. The molecule has 14 heavy (non-hydrogen) atoms. The van der Waals surface area contributed by atoms with E-state index in [1.54, 1.807) is 0 Å². The molecule has 0 fully saturated rings. The Hall–Kier alpha value is -1.91. The van der Waals surface area contributed by atoms with E-state index in [1.807, 2.05) is 0 Å². The summed E-state index contributed by atoms with van der Waals surface area (Å²) in [6.07, 6.45) is 0. The lowest BCUT2D eigenvalue weighted by Gasteiger charge is -1.96. The first kappa shape index (κ1) is 8.68. The molecule has 1 heterocycles. The first-order chi connectivity index (χ1) is 6.61. The molecular formula is C9H6FNO3. The van der Waals surface area contributed by atoms with Crippen LogP contribution in [-0.4, -0.2) is 16.2 Å². The van der Waals surface area contributed by atoms with Gasteiger partial charge in [0.25, 0.3) is 0 Å². The summed E-state index contributed by atoms with van der Waals surface area (Å²) in [6, 6.07) is 2.58. The highest BCUT2D eigenvalue weighted by atomic mass is 19.1. The molecule has 0 radical (unpaired) electrons. The van der Waals surface area contributed by atoms with Gasteiger partial charge in [-0.15, -0.1) is 0 Å². The number of aryl methyl sites for hydroxylation is 1. The van der Waals surface area contributed by atoms with Crippen LogP contribution < -0.4 is 0 Å². The zero-order valence-electron chi connectivity index (χ0n) is 7.24. The molecule has 1 aromatic heterocycles. The number of carbonyl (C=O) groups is 1. The van der Waals surface area contributed by atoms with E-state index in [-0.39, 0.29) is 16.7 Å². The second-order valence-corrected chi connectivity index (χ2v) is 2.87. The average Bonchev–Trinajstić information content (AvgIpc) is 2.48. The lowest BCUT2D eigenvalue weighted by molar-refractivity contribution is 0.0692. The van der Waals surface area contributed by atoms with Crippen LogP contribution in [0.3, 0.4) is 0 Å². The molecule has 0 amide bonds. The molecule has 0 atom stereocenters. The van der Waals surface area contributed by atoms with Crippen molar-refractivity contribution in [2.75, 3.05) is 0 Å². The van der Waals surface area contributed by atoms with Crippen LogP contribution in [0.25, 0.3) is 10.9 Å². The SMILES string of the molecule is Cc1onc2ccc(C(=O)O)c(F)c12. The number of benzene rings is 1. The predicted octanol–water partition coefficient (Wildman–Crippen LogP) is 1.97. The molecule has 1 N–H and O–H groups in total. The van der Waals surface area contributed by atoms with Crippen molar-refractivity contribution >= 4 is 16.9 Å². The molecule has 2 rings (SSSR count). The maximum Gasteiger partial charge on any atom is 0.338 e. The third kappa shape index (κ3) is 1.06. The zero-order valence-corrected chi connectivity index (χ0v) is 7.24. The molecule has 0 saturated carbocycles. The van der Waals surface area contributed by atoms with Crippen molar-refractivity contribution in [3.05, 3.63) is 29.3 Å². The maximum absolute atomic E-state index is 13.5. The van der Waals surface area contributed by atoms with E-state index in [2.05, 4.69) is 5.16 Å². The van der Waals surface area contributed by atoms with E-state index >= 15 is 0 Å². The second kappa shape index (κ2) is 2.80. The van der Waals surface area contributed by atoms with Crippen molar-refractivity contribution in [1.82, 2.24) is 5.16 Å². The summed E-state index contributed by atoms with van der Waals surface area (Å²) >= 11 is 0. The van der Waals surface area contributed by atoms with Crippen molar-refractivity contribution < 1.29 is 18.8 Å². The lowest BCUT2D eigenvalue weighted by Crippen LogP contribution is -2.00. The summed E-state index contributed by atoms with van der Waals surface area (Å²) in [4.78, 5) is 10.6. The molecule has 0 aliphatic rings. The number of hydrogen-bond acceptors (Lipinski definition) is 3. The van der Waals surface area contributed by atoms with E-state index in [0.29, 0.717) is 5.52 Å². The standard InChI is InChI=1S/C9H6FNO3/c1-4-7-6(11-14-4)3-2-5(8(7)10)9(12)13/h2-3H,1H3,(H,12,13). The molecule has 5 heteroatoms. The monoisotopic (exact) mass is 195 g/mol. The summed E-state index contributed by atoms with van der Waals surface area (Å²) < 4.78 is 18.3. The number of hydrogen-bond donors (Lipinski definition) is 1. The van der Waals surface area contributed by atoms with Gasteiger partial charge in [0.1, 0.15) is 11.3 Å². The van der Waals surface area contributed by atoms with Gasteiger partial charge in [-0.3, -0.25) is 0 Å².